The second-order valence-corrected chi connectivity index (χ2v) is 10.8. The van der Waals surface area contributed by atoms with E-state index in [1.54, 1.807) is 23.7 Å². The van der Waals surface area contributed by atoms with Crippen molar-refractivity contribution in [3.63, 3.8) is 0 Å². The van der Waals surface area contributed by atoms with Gasteiger partial charge in [0.15, 0.2) is 0 Å². The molecule has 0 radical (unpaired) electrons. The van der Waals surface area contributed by atoms with Gasteiger partial charge >= 0.3 is 0 Å². The molecule has 2 heterocycles. The van der Waals surface area contributed by atoms with E-state index < -0.39 is 21.7 Å². The fraction of sp³-hybridized carbons (Fsp3) is 0.400. The zero-order chi connectivity index (χ0) is 25.9. The highest BCUT2D eigenvalue weighted by Gasteiger charge is 2.25. The molecule has 1 aromatic carbocycles. The molecule has 2 aromatic heterocycles. The van der Waals surface area contributed by atoms with Gasteiger partial charge in [0.2, 0.25) is 11.8 Å². The standard InChI is InChI=1S/C25H31FN4O4S/c1-15(2)13-30-14-23(17(5)28-30)35(32,33)29-24(31)12-22-20(16(3)4)10-19(26)11-21(22)18-7-8-27-25(9-18)34-6/h7-11,14-16H,12-13H2,1-6H3,(H,29,31). The minimum absolute atomic E-state index is 0.0474. The lowest BCUT2D eigenvalue weighted by atomic mass is 9.88. The van der Waals surface area contributed by atoms with Crippen LogP contribution in [0, 0.1) is 18.7 Å². The molecule has 3 aromatic rings. The Morgan fingerprint density at radius 1 is 1.20 bits per heavy atom. The molecule has 1 amide bonds. The molecule has 35 heavy (non-hydrogen) atoms. The molecule has 0 aliphatic heterocycles. The number of nitrogens with one attached hydrogen (secondary N) is 1. The summed E-state index contributed by atoms with van der Waals surface area (Å²) in [7, 11) is -2.67. The number of hydrogen-bond acceptors (Lipinski definition) is 6. The SMILES string of the molecule is COc1cc(-c2cc(F)cc(C(C)C)c2CC(=O)NS(=O)(=O)c2cn(CC(C)C)nc2C)ccn1. The maximum atomic E-state index is 14.6. The van der Waals surface area contributed by atoms with E-state index in [-0.39, 0.29) is 23.2 Å². The molecule has 0 atom stereocenters. The van der Waals surface area contributed by atoms with Gasteiger partial charge in [-0.3, -0.25) is 9.48 Å². The number of carbonyl (C=O) groups is 1. The third-order valence-corrected chi connectivity index (χ3v) is 6.93. The number of amides is 1. The van der Waals surface area contributed by atoms with E-state index in [2.05, 4.69) is 14.8 Å². The molecule has 0 aliphatic carbocycles. The van der Waals surface area contributed by atoms with Crippen molar-refractivity contribution < 1.29 is 22.3 Å². The van der Waals surface area contributed by atoms with Gasteiger partial charge in [-0.15, -0.1) is 0 Å². The van der Waals surface area contributed by atoms with Gasteiger partial charge in [-0.2, -0.15) is 5.10 Å². The summed E-state index contributed by atoms with van der Waals surface area (Å²) in [6.07, 6.45) is 2.70. The van der Waals surface area contributed by atoms with Crippen LogP contribution in [0.2, 0.25) is 0 Å². The normalized spacial score (nSPS) is 11.8. The number of hydrogen-bond donors (Lipinski definition) is 1. The molecule has 188 valence electrons. The Morgan fingerprint density at radius 3 is 2.54 bits per heavy atom. The Balaban J connectivity index is 1.97. The van der Waals surface area contributed by atoms with Crippen LogP contribution in [0.1, 0.15) is 50.4 Å². The van der Waals surface area contributed by atoms with Gasteiger partial charge in [0.1, 0.15) is 10.7 Å². The van der Waals surface area contributed by atoms with Crippen LogP contribution >= 0.6 is 0 Å². The summed E-state index contributed by atoms with van der Waals surface area (Å²) < 4.78 is 49.4. The summed E-state index contributed by atoms with van der Waals surface area (Å²) in [6, 6.07) is 6.04. The molecule has 0 spiro atoms. The predicted molar refractivity (Wildman–Crippen MR) is 131 cm³/mol. The second kappa shape index (κ2) is 10.6. The average molecular weight is 503 g/mol. The molecule has 0 saturated carbocycles. The van der Waals surface area contributed by atoms with Gasteiger partial charge in [0.05, 0.1) is 19.2 Å². The van der Waals surface area contributed by atoms with Crippen LogP contribution in [-0.4, -0.2) is 36.2 Å². The summed E-state index contributed by atoms with van der Waals surface area (Å²) in [4.78, 5) is 17.0. The largest absolute Gasteiger partial charge is 0.481 e. The van der Waals surface area contributed by atoms with Crippen molar-refractivity contribution in [2.45, 2.75) is 58.4 Å². The number of ether oxygens (including phenoxy) is 1. The van der Waals surface area contributed by atoms with E-state index in [1.807, 2.05) is 27.7 Å². The third kappa shape index (κ3) is 6.25. The molecule has 8 nitrogen and oxygen atoms in total. The van der Waals surface area contributed by atoms with E-state index in [0.29, 0.717) is 40.4 Å². The fourth-order valence-corrected chi connectivity index (χ4v) is 5.12. The van der Waals surface area contributed by atoms with Gasteiger partial charge in [0.25, 0.3) is 10.0 Å². The molecule has 0 unspecified atom stereocenters. The van der Waals surface area contributed by atoms with E-state index in [1.165, 1.54) is 31.6 Å². The van der Waals surface area contributed by atoms with Gasteiger partial charge < -0.3 is 4.74 Å². The highest BCUT2D eigenvalue weighted by Crippen LogP contribution is 2.33. The summed E-state index contributed by atoms with van der Waals surface area (Å²) in [6.45, 7) is 9.90. The minimum Gasteiger partial charge on any atom is -0.481 e. The van der Waals surface area contributed by atoms with Crippen LogP contribution in [0.3, 0.4) is 0 Å². The molecule has 10 heteroatoms. The Hall–Kier alpha value is -3.27. The first kappa shape index (κ1) is 26.3. The number of aryl methyl sites for hydroxylation is 1. The monoisotopic (exact) mass is 502 g/mol. The number of pyridine rings is 1. The molecule has 0 saturated heterocycles. The highest BCUT2D eigenvalue weighted by molar-refractivity contribution is 7.90. The maximum absolute atomic E-state index is 14.6. The molecule has 0 aliphatic rings. The van der Waals surface area contributed by atoms with Gasteiger partial charge in [-0.25, -0.2) is 22.5 Å². The second-order valence-electron chi connectivity index (χ2n) is 9.16. The summed E-state index contributed by atoms with van der Waals surface area (Å²) >= 11 is 0. The van der Waals surface area contributed by atoms with Crippen molar-refractivity contribution in [2.24, 2.45) is 5.92 Å². The predicted octanol–water partition coefficient (Wildman–Crippen LogP) is 4.23. The fourth-order valence-electron chi connectivity index (χ4n) is 3.95. The van der Waals surface area contributed by atoms with Crippen LogP contribution in [0.4, 0.5) is 4.39 Å². The van der Waals surface area contributed by atoms with Crippen LogP contribution in [0.25, 0.3) is 11.1 Å². The number of methoxy groups -OCH3 is 1. The zero-order valence-electron chi connectivity index (χ0n) is 20.8. The quantitative estimate of drug-likeness (QED) is 0.470. The lowest BCUT2D eigenvalue weighted by Gasteiger charge is -2.18. The number of rotatable bonds is 9. The van der Waals surface area contributed by atoms with E-state index in [0.717, 1.165) is 0 Å². The number of sulfonamides is 1. The van der Waals surface area contributed by atoms with E-state index >= 15 is 0 Å². The molecule has 1 N–H and O–H groups in total. The van der Waals surface area contributed by atoms with Crippen molar-refractivity contribution in [1.82, 2.24) is 19.5 Å². The van der Waals surface area contributed by atoms with Crippen molar-refractivity contribution in [3.05, 3.63) is 59.3 Å². The van der Waals surface area contributed by atoms with Crippen molar-refractivity contribution in [3.8, 4) is 17.0 Å². The molecule has 0 fully saturated rings. The Morgan fingerprint density at radius 2 is 1.91 bits per heavy atom. The van der Waals surface area contributed by atoms with E-state index in [4.69, 9.17) is 4.74 Å². The molecule has 3 rings (SSSR count). The number of carbonyl (C=O) groups excluding carboxylic acids is 1. The van der Waals surface area contributed by atoms with Crippen molar-refractivity contribution in [1.29, 1.82) is 0 Å². The molecular weight excluding hydrogens is 471 g/mol. The Labute approximate surface area is 205 Å². The molecular formula is C25H31FN4O4S. The first-order valence-electron chi connectivity index (χ1n) is 11.3. The smallest absolute Gasteiger partial charge is 0.267 e. The van der Waals surface area contributed by atoms with Crippen molar-refractivity contribution >= 4 is 15.9 Å². The Bertz CT molecular complexity index is 1330. The highest BCUT2D eigenvalue weighted by atomic mass is 32.2. The van der Waals surface area contributed by atoms with Crippen LogP contribution in [0.5, 0.6) is 5.88 Å². The topological polar surface area (TPSA) is 103 Å². The number of halogens is 1. The first-order valence-corrected chi connectivity index (χ1v) is 12.8. The van der Waals surface area contributed by atoms with Gasteiger partial charge in [0, 0.05) is 25.0 Å². The first-order chi connectivity index (χ1) is 16.4. The van der Waals surface area contributed by atoms with Crippen LogP contribution in [0.15, 0.2) is 41.6 Å². The van der Waals surface area contributed by atoms with Crippen LogP contribution in [-0.2, 0) is 27.8 Å². The number of nitrogens with zero attached hydrogens (tertiary/aromatic N) is 3. The van der Waals surface area contributed by atoms with Gasteiger partial charge in [-0.05, 0) is 59.2 Å². The van der Waals surface area contributed by atoms with Crippen LogP contribution < -0.4 is 9.46 Å². The lowest BCUT2D eigenvalue weighted by Crippen LogP contribution is -2.32. The third-order valence-electron chi connectivity index (χ3n) is 5.45. The zero-order valence-corrected chi connectivity index (χ0v) is 21.6. The lowest BCUT2D eigenvalue weighted by molar-refractivity contribution is -0.118. The number of aromatic nitrogens is 3. The molecule has 0 bridgehead atoms. The average Bonchev–Trinajstić information content (AvgIpc) is 3.14. The van der Waals surface area contributed by atoms with E-state index in [9.17, 15) is 17.6 Å². The maximum Gasteiger partial charge on any atom is 0.267 e. The summed E-state index contributed by atoms with van der Waals surface area (Å²) in [5.41, 5.74) is 2.54. The summed E-state index contributed by atoms with van der Waals surface area (Å²) in [5.74, 6) is -0.673. The number of benzene rings is 1. The minimum atomic E-state index is -4.14. The van der Waals surface area contributed by atoms with Crippen molar-refractivity contribution in [2.75, 3.05) is 7.11 Å². The Kier molecular flexibility index (Phi) is 7.94. The summed E-state index contributed by atoms with van der Waals surface area (Å²) in [5, 5.41) is 4.25. The van der Waals surface area contributed by atoms with Gasteiger partial charge in [-0.1, -0.05) is 27.7 Å².